The van der Waals surface area contributed by atoms with Gasteiger partial charge < -0.3 is 10.2 Å². The molecule has 0 amide bonds. The van der Waals surface area contributed by atoms with E-state index in [2.05, 4.69) is 15.9 Å². The molecule has 5 nitrogen and oxygen atoms in total. The first-order valence-corrected chi connectivity index (χ1v) is 5.76. The SMILES string of the molecule is Cc1ccc([N+](=O)[O-])c(C(O)C(O)CBr)c1. The number of nitro benzene ring substituents is 1. The van der Waals surface area contributed by atoms with E-state index in [0.717, 1.165) is 5.56 Å². The Hall–Kier alpha value is -0.980. The summed E-state index contributed by atoms with van der Waals surface area (Å²) < 4.78 is 0. The number of hydrogen-bond acceptors (Lipinski definition) is 4. The Morgan fingerprint density at radius 3 is 2.62 bits per heavy atom. The molecule has 2 unspecified atom stereocenters. The zero-order chi connectivity index (χ0) is 12.3. The second kappa shape index (κ2) is 5.38. The zero-order valence-electron chi connectivity index (χ0n) is 8.63. The summed E-state index contributed by atoms with van der Waals surface area (Å²) in [7, 11) is 0. The molecule has 1 rings (SSSR count). The van der Waals surface area contributed by atoms with Crippen molar-refractivity contribution < 1.29 is 15.1 Å². The van der Waals surface area contributed by atoms with E-state index in [4.69, 9.17) is 0 Å². The van der Waals surface area contributed by atoms with Crippen LogP contribution in [0.25, 0.3) is 0 Å². The first kappa shape index (κ1) is 13.1. The number of halogens is 1. The van der Waals surface area contributed by atoms with Gasteiger partial charge in [-0.15, -0.1) is 0 Å². The molecule has 2 N–H and O–H groups in total. The average Bonchev–Trinajstić information content (AvgIpc) is 2.26. The van der Waals surface area contributed by atoms with Crippen molar-refractivity contribution in [3.05, 3.63) is 39.4 Å². The number of aliphatic hydroxyl groups is 2. The zero-order valence-corrected chi connectivity index (χ0v) is 10.2. The molecule has 0 heterocycles. The van der Waals surface area contributed by atoms with Crippen LogP contribution in [0.15, 0.2) is 18.2 Å². The molecule has 0 aliphatic heterocycles. The molecule has 0 aliphatic rings. The predicted molar refractivity (Wildman–Crippen MR) is 62.6 cm³/mol. The lowest BCUT2D eigenvalue weighted by molar-refractivity contribution is -0.386. The van der Waals surface area contributed by atoms with Crippen molar-refractivity contribution in [2.24, 2.45) is 0 Å². The molecular formula is C10H12BrNO4. The van der Waals surface area contributed by atoms with Crippen molar-refractivity contribution in [1.29, 1.82) is 0 Å². The van der Waals surface area contributed by atoms with Crippen LogP contribution in [0, 0.1) is 17.0 Å². The third-order valence-electron chi connectivity index (χ3n) is 2.22. The van der Waals surface area contributed by atoms with Gasteiger partial charge in [0.25, 0.3) is 5.69 Å². The number of aliphatic hydroxyl groups excluding tert-OH is 2. The van der Waals surface area contributed by atoms with Gasteiger partial charge in [0.2, 0.25) is 0 Å². The van der Waals surface area contributed by atoms with Crippen molar-refractivity contribution in [2.45, 2.75) is 19.1 Å². The number of hydrogen-bond donors (Lipinski definition) is 2. The first-order valence-electron chi connectivity index (χ1n) is 4.64. The smallest absolute Gasteiger partial charge is 0.275 e. The molecule has 88 valence electrons. The standard InChI is InChI=1S/C10H12BrNO4/c1-6-2-3-8(12(15)16)7(4-6)10(14)9(13)5-11/h2-4,9-10,13-14H,5H2,1H3. The quantitative estimate of drug-likeness (QED) is 0.502. The van der Waals surface area contributed by atoms with Gasteiger partial charge in [-0.2, -0.15) is 0 Å². The molecule has 1 aromatic carbocycles. The molecule has 0 radical (unpaired) electrons. The minimum atomic E-state index is -1.26. The van der Waals surface area contributed by atoms with Crippen LogP contribution in [0.4, 0.5) is 5.69 Å². The van der Waals surface area contributed by atoms with Gasteiger partial charge in [0, 0.05) is 11.4 Å². The summed E-state index contributed by atoms with van der Waals surface area (Å²) in [4.78, 5) is 10.2. The summed E-state index contributed by atoms with van der Waals surface area (Å²) in [6.45, 7) is 1.76. The van der Waals surface area contributed by atoms with E-state index in [1.54, 1.807) is 13.0 Å². The lowest BCUT2D eigenvalue weighted by Gasteiger charge is -2.16. The second-order valence-corrected chi connectivity index (χ2v) is 4.13. The Morgan fingerprint density at radius 2 is 2.12 bits per heavy atom. The Bertz CT molecular complexity index is 396. The minimum absolute atomic E-state index is 0.136. The van der Waals surface area contributed by atoms with Gasteiger partial charge in [0.15, 0.2) is 0 Å². The number of rotatable bonds is 4. The van der Waals surface area contributed by atoms with Crippen LogP contribution in [0.3, 0.4) is 0 Å². The molecule has 0 saturated carbocycles. The summed E-state index contributed by atoms with van der Waals surface area (Å²) in [5.41, 5.74) is 0.747. The van der Waals surface area contributed by atoms with Crippen molar-refractivity contribution in [1.82, 2.24) is 0 Å². The van der Waals surface area contributed by atoms with Crippen molar-refractivity contribution in [3.8, 4) is 0 Å². The average molecular weight is 290 g/mol. The first-order chi connectivity index (χ1) is 7.47. The number of benzene rings is 1. The van der Waals surface area contributed by atoms with Crippen LogP contribution in [-0.4, -0.2) is 26.6 Å². The van der Waals surface area contributed by atoms with Crippen molar-refractivity contribution >= 4 is 21.6 Å². The van der Waals surface area contributed by atoms with Crippen LogP contribution >= 0.6 is 15.9 Å². The Labute approximate surface area is 101 Å². The highest BCUT2D eigenvalue weighted by Crippen LogP contribution is 2.28. The fourth-order valence-corrected chi connectivity index (χ4v) is 1.72. The second-order valence-electron chi connectivity index (χ2n) is 3.49. The topological polar surface area (TPSA) is 83.6 Å². The largest absolute Gasteiger partial charge is 0.389 e. The minimum Gasteiger partial charge on any atom is -0.389 e. The van der Waals surface area contributed by atoms with Gasteiger partial charge in [-0.05, 0) is 13.0 Å². The van der Waals surface area contributed by atoms with E-state index in [0.29, 0.717) is 0 Å². The summed E-state index contributed by atoms with van der Waals surface area (Å²) in [6, 6.07) is 4.43. The lowest BCUT2D eigenvalue weighted by atomic mass is 10.0. The number of alkyl halides is 1. The molecule has 0 aliphatic carbocycles. The summed E-state index contributed by atoms with van der Waals surface area (Å²) >= 11 is 3.01. The van der Waals surface area contributed by atoms with Gasteiger partial charge in [0.1, 0.15) is 6.10 Å². The molecule has 16 heavy (non-hydrogen) atoms. The Morgan fingerprint density at radius 1 is 1.50 bits per heavy atom. The predicted octanol–water partition coefficient (Wildman–Crippen LogP) is 1.69. The third kappa shape index (κ3) is 2.78. The van der Waals surface area contributed by atoms with Gasteiger partial charge in [0.05, 0.1) is 16.6 Å². The van der Waals surface area contributed by atoms with E-state index >= 15 is 0 Å². The van der Waals surface area contributed by atoms with E-state index < -0.39 is 17.1 Å². The number of aryl methyl sites for hydroxylation is 1. The maximum Gasteiger partial charge on any atom is 0.275 e. The fraction of sp³-hybridized carbons (Fsp3) is 0.400. The summed E-state index contributed by atoms with van der Waals surface area (Å²) in [5, 5.41) is 30.1. The van der Waals surface area contributed by atoms with Gasteiger partial charge in [-0.1, -0.05) is 27.6 Å². The molecule has 0 bridgehead atoms. The third-order valence-corrected chi connectivity index (χ3v) is 2.88. The molecule has 0 fully saturated rings. The molecule has 0 saturated heterocycles. The molecular weight excluding hydrogens is 278 g/mol. The number of nitro groups is 1. The summed E-state index contributed by atoms with van der Waals surface area (Å²) in [6.07, 6.45) is -2.33. The highest BCUT2D eigenvalue weighted by atomic mass is 79.9. The maximum atomic E-state index is 10.7. The Kier molecular flexibility index (Phi) is 4.40. The molecule has 6 heteroatoms. The van der Waals surface area contributed by atoms with Crippen LogP contribution < -0.4 is 0 Å². The monoisotopic (exact) mass is 289 g/mol. The highest BCUT2D eigenvalue weighted by Gasteiger charge is 2.25. The molecule has 0 aromatic heterocycles. The maximum absolute atomic E-state index is 10.7. The molecule has 0 spiro atoms. The molecule has 2 atom stereocenters. The normalized spacial score (nSPS) is 14.5. The van der Waals surface area contributed by atoms with Crippen LogP contribution in [0.2, 0.25) is 0 Å². The van der Waals surface area contributed by atoms with Gasteiger partial charge in [-0.3, -0.25) is 10.1 Å². The van der Waals surface area contributed by atoms with Crippen LogP contribution in [-0.2, 0) is 0 Å². The summed E-state index contributed by atoms with van der Waals surface area (Å²) in [5.74, 6) is 0. The van der Waals surface area contributed by atoms with E-state index in [9.17, 15) is 20.3 Å². The number of nitrogens with zero attached hydrogens (tertiary/aromatic N) is 1. The van der Waals surface area contributed by atoms with E-state index in [-0.39, 0.29) is 16.6 Å². The van der Waals surface area contributed by atoms with Crippen molar-refractivity contribution in [3.63, 3.8) is 0 Å². The van der Waals surface area contributed by atoms with Crippen LogP contribution in [0.5, 0.6) is 0 Å². The van der Waals surface area contributed by atoms with Crippen LogP contribution in [0.1, 0.15) is 17.2 Å². The highest BCUT2D eigenvalue weighted by molar-refractivity contribution is 9.09. The lowest BCUT2D eigenvalue weighted by Crippen LogP contribution is -2.20. The van der Waals surface area contributed by atoms with E-state index in [1.165, 1.54) is 12.1 Å². The van der Waals surface area contributed by atoms with Gasteiger partial charge in [-0.25, -0.2) is 0 Å². The van der Waals surface area contributed by atoms with Crippen molar-refractivity contribution in [2.75, 3.05) is 5.33 Å². The Balaban J connectivity index is 3.19. The van der Waals surface area contributed by atoms with E-state index in [1.807, 2.05) is 0 Å². The van der Waals surface area contributed by atoms with Gasteiger partial charge >= 0.3 is 0 Å². The fourth-order valence-electron chi connectivity index (χ4n) is 1.37. The molecule has 1 aromatic rings.